The molecule has 3 rings (SSSR count). The Morgan fingerprint density at radius 1 is 1.59 bits per heavy atom. The first-order chi connectivity index (χ1) is 10.8. The van der Waals surface area contributed by atoms with Crippen molar-refractivity contribution in [2.24, 2.45) is 11.6 Å². The molecule has 0 radical (unpaired) electrons. The number of carbonyl (C=O) groups is 1. The highest BCUT2D eigenvalue weighted by Gasteiger charge is 2.32. The average molecular weight is 234 g/mol. The van der Waals surface area contributed by atoms with E-state index < -0.39 is 30.9 Å². The topological polar surface area (TPSA) is 43.1 Å². The molecule has 0 heterocycles. The van der Waals surface area contributed by atoms with Crippen molar-refractivity contribution < 1.29 is 14.4 Å². The van der Waals surface area contributed by atoms with Gasteiger partial charge in [-0.2, -0.15) is 0 Å². The van der Waals surface area contributed by atoms with Crippen molar-refractivity contribution in [3.63, 3.8) is 0 Å². The highest BCUT2D eigenvalue weighted by Crippen LogP contribution is 2.44. The summed E-state index contributed by atoms with van der Waals surface area (Å²) in [6.07, 6.45) is -8.93. The maximum Gasteiger partial charge on any atom is 0.224 e. The quantitative estimate of drug-likeness (QED) is 0.797. The van der Waals surface area contributed by atoms with E-state index in [1.165, 1.54) is 0 Å². The van der Waals surface area contributed by atoms with Crippen molar-refractivity contribution in [1.82, 2.24) is 0 Å². The van der Waals surface area contributed by atoms with Gasteiger partial charge in [-0.3, -0.25) is 4.79 Å². The lowest BCUT2D eigenvalue weighted by Crippen LogP contribution is -2.27. The summed E-state index contributed by atoms with van der Waals surface area (Å²) >= 11 is 0. The third kappa shape index (κ3) is 1.59. The lowest BCUT2D eigenvalue weighted by Gasteiger charge is -2.22. The Morgan fingerprint density at radius 3 is 3.18 bits per heavy atom. The third-order valence-corrected chi connectivity index (χ3v) is 3.13. The number of nitrogens with two attached hydrogens (primary N) is 1. The minimum absolute atomic E-state index is 0.00644. The van der Waals surface area contributed by atoms with Gasteiger partial charge in [0.1, 0.15) is 0 Å². The van der Waals surface area contributed by atoms with E-state index in [2.05, 4.69) is 0 Å². The zero-order valence-corrected chi connectivity index (χ0v) is 9.42. The van der Waals surface area contributed by atoms with Gasteiger partial charge in [0.25, 0.3) is 0 Å². The van der Waals surface area contributed by atoms with Crippen LogP contribution >= 0.6 is 0 Å². The van der Waals surface area contributed by atoms with Crippen molar-refractivity contribution in [2.45, 2.75) is 32.5 Å². The first kappa shape index (κ1) is 5.38. The SMILES string of the molecule is [2H]C1([2H])C2=C(Cc3ccc(C)cc32)C([2H])(C(N)=O)C([2H])([2H])C1([2H])[2H]. The molecule has 0 spiro atoms. The van der Waals surface area contributed by atoms with Gasteiger partial charge in [0, 0.05) is 9.60 Å². The van der Waals surface area contributed by atoms with Gasteiger partial charge in [0.2, 0.25) is 5.91 Å². The second-order valence-electron chi connectivity index (χ2n) is 4.31. The molecular weight excluding hydrogens is 210 g/mol. The van der Waals surface area contributed by atoms with E-state index in [1.54, 1.807) is 25.1 Å². The number of aryl methyl sites for hydroxylation is 1. The van der Waals surface area contributed by atoms with Crippen LogP contribution in [0.4, 0.5) is 0 Å². The molecule has 1 atom stereocenters. The summed E-state index contributed by atoms with van der Waals surface area (Å²) in [6, 6.07) is 5.20. The number of rotatable bonds is 1. The molecule has 1 amide bonds. The number of hydrogen-bond acceptors (Lipinski definition) is 1. The summed E-state index contributed by atoms with van der Waals surface area (Å²) in [5.41, 5.74) is 7.00. The van der Waals surface area contributed by atoms with Crippen LogP contribution in [0.3, 0.4) is 0 Å². The van der Waals surface area contributed by atoms with Gasteiger partial charge in [0.05, 0.1) is 5.89 Å². The second-order valence-corrected chi connectivity index (χ2v) is 4.31. The molecule has 2 N–H and O–H groups in total. The lowest BCUT2D eigenvalue weighted by atomic mass is 9.82. The fourth-order valence-corrected chi connectivity index (χ4v) is 2.32. The normalized spacial score (nSPS) is 41.6. The molecule has 1 aromatic carbocycles. The maximum atomic E-state index is 12.0. The van der Waals surface area contributed by atoms with Crippen LogP contribution in [-0.2, 0) is 11.2 Å². The third-order valence-electron chi connectivity index (χ3n) is 3.13. The maximum absolute atomic E-state index is 12.0. The van der Waals surface area contributed by atoms with Gasteiger partial charge in [-0.25, -0.2) is 0 Å². The summed E-state index contributed by atoms with van der Waals surface area (Å²) < 4.78 is 57.4. The van der Waals surface area contributed by atoms with E-state index >= 15 is 0 Å². The summed E-state index contributed by atoms with van der Waals surface area (Å²) in [5.74, 6) is -3.99. The minimum Gasteiger partial charge on any atom is -0.369 e. The summed E-state index contributed by atoms with van der Waals surface area (Å²) in [5, 5.41) is 0. The zero-order valence-electron chi connectivity index (χ0n) is 16.4. The predicted molar refractivity (Wildman–Crippen MR) is 68.3 cm³/mol. The van der Waals surface area contributed by atoms with Crippen LogP contribution in [0.25, 0.3) is 5.57 Å². The molecule has 0 saturated heterocycles. The van der Waals surface area contributed by atoms with Crippen molar-refractivity contribution in [3.8, 4) is 0 Å². The van der Waals surface area contributed by atoms with Crippen LogP contribution < -0.4 is 5.73 Å². The Kier molecular flexibility index (Phi) is 1.18. The molecule has 2 heteroatoms. The van der Waals surface area contributed by atoms with Gasteiger partial charge in [-0.15, -0.1) is 0 Å². The van der Waals surface area contributed by atoms with Crippen molar-refractivity contribution in [2.75, 3.05) is 0 Å². The fourth-order valence-electron chi connectivity index (χ4n) is 2.32. The molecule has 2 aliphatic carbocycles. The van der Waals surface area contributed by atoms with Gasteiger partial charge < -0.3 is 5.73 Å². The summed E-state index contributed by atoms with van der Waals surface area (Å²) in [7, 11) is 0. The van der Waals surface area contributed by atoms with Crippen LogP contribution in [0.2, 0.25) is 0 Å². The van der Waals surface area contributed by atoms with Crippen LogP contribution in [0.1, 0.15) is 45.4 Å². The Morgan fingerprint density at radius 2 is 2.41 bits per heavy atom. The molecule has 0 aliphatic heterocycles. The molecule has 2 aliphatic rings. The first-order valence-corrected chi connectivity index (χ1v) is 5.44. The number of hydrogen-bond donors (Lipinski definition) is 1. The zero-order chi connectivity index (χ0) is 18.3. The van der Waals surface area contributed by atoms with E-state index in [9.17, 15) is 4.79 Å². The number of benzene rings is 1. The van der Waals surface area contributed by atoms with Crippen LogP contribution in [-0.4, -0.2) is 5.91 Å². The molecule has 88 valence electrons. The number of allylic oxidation sites excluding steroid dienone is 1. The van der Waals surface area contributed by atoms with Crippen molar-refractivity contribution in [3.05, 3.63) is 40.5 Å². The molecule has 1 aromatic rings. The van der Waals surface area contributed by atoms with Crippen molar-refractivity contribution >= 4 is 11.5 Å². The van der Waals surface area contributed by atoms with Gasteiger partial charge >= 0.3 is 0 Å². The largest absolute Gasteiger partial charge is 0.369 e. The monoisotopic (exact) mass is 234 g/mol. The Labute approximate surface area is 111 Å². The van der Waals surface area contributed by atoms with Gasteiger partial charge in [0.15, 0.2) is 0 Å². The minimum atomic E-state index is -3.12. The molecule has 17 heavy (non-hydrogen) atoms. The van der Waals surface area contributed by atoms with Crippen LogP contribution in [0, 0.1) is 12.8 Å². The average Bonchev–Trinajstić information content (AvgIpc) is 2.83. The molecular formula is C15H17NO. The summed E-state index contributed by atoms with van der Waals surface area (Å²) in [4.78, 5) is 12.0. The fraction of sp³-hybridized carbons (Fsp3) is 0.400. The number of fused-ring (bicyclic) bond motifs is 2. The lowest BCUT2D eigenvalue weighted by molar-refractivity contribution is -0.121. The molecule has 2 nitrogen and oxygen atoms in total. The van der Waals surface area contributed by atoms with E-state index in [0.29, 0.717) is 11.1 Å². The number of amides is 1. The highest BCUT2D eigenvalue weighted by atomic mass is 16.1. The van der Waals surface area contributed by atoms with Crippen molar-refractivity contribution in [1.29, 1.82) is 0 Å². The van der Waals surface area contributed by atoms with Gasteiger partial charge in [-0.1, -0.05) is 23.8 Å². The Balaban J connectivity index is 2.44. The van der Waals surface area contributed by atoms with Gasteiger partial charge in [-0.05, 0) is 54.7 Å². The Hall–Kier alpha value is -1.57. The highest BCUT2D eigenvalue weighted by molar-refractivity contribution is 5.87. The van der Waals surface area contributed by atoms with Crippen LogP contribution in [0.5, 0.6) is 0 Å². The van der Waals surface area contributed by atoms with E-state index in [-0.39, 0.29) is 17.6 Å². The first-order valence-electron chi connectivity index (χ1n) is 8.94. The van der Waals surface area contributed by atoms with E-state index in [4.69, 9.17) is 15.3 Å². The van der Waals surface area contributed by atoms with E-state index in [1.807, 2.05) is 0 Å². The molecule has 0 aromatic heterocycles. The van der Waals surface area contributed by atoms with Crippen LogP contribution in [0.15, 0.2) is 23.8 Å². The Bertz CT molecular complexity index is 799. The second kappa shape index (κ2) is 3.73. The standard InChI is InChI=1S/C15H17NO/c1-9-5-6-10-8-14-11(13(10)7-9)3-2-4-12(14)15(16)17/h5-7,12H,2-4,8H2,1H3,(H2,16,17)/i2D2,3D2,4D2,12D. The number of carbonyl (C=O) groups excluding carboxylic acids is 1. The molecule has 0 bridgehead atoms. The summed E-state index contributed by atoms with van der Waals surface area (Å²) in [6.45, 7) is 1.80. The molecule has 0 saturated carbocycles. The molecule has 1 unspecified atom stereocenters. The molecule has 0 fully saturated rings. The van der Waals surface area contributed by atoms with E-state index in [0.717, 1.165) is 5.56 Å². The smallest absolute Gasteiger partial charge is 0.224 e. The predicted octanol–water partition coefficient (Wildman–Crippen LogP) is 2.59. The number of primary amides is 1.